The van der Waals surface area contributed by atoms with Crippen LogP contribution < -0.4 is 0 Å². The van der Waals surface area contributed by atoms with Gasteiger partial charge >= 0.3 is 12.4 Å². The van der Waals surface area contributed by atoms with E-state index < -0.39 is 23.5 Å². The average molecular weight is 421 g/mol. The van der Waals surface area contributed by atoms with Gasteiger partial charge < -0.3 is 4.48 Å². The number of hydrogen-bond acceptors (Lipinski definition) is 3. The molecule has 0 spiro atoms. The first-order valence-electron chi connectivity index (χ1n) is 9.93. The number of alkyl halides is 6. The summed E-state index contributed by atoms with van der Waals surface area (Å²) < 4.78 is 80.3. The number of rotatable bonds is 2. The summed E-state index contributed by atoms with van der Waals surface area (Å²) in [5, 5.41) is 0. The predicted molar refractivity (Wildman–Crippen MR) is 92.4 cm³/mol. The van der Waals surface area contributed by atoms with Crippen molar-refractivity contribution in [2.45, 2.75) is 31.2 Å². The molecule has 4 aliphatic heterocycles. The van der Waals surface area contributed by atoms with Crippen LogP contribution in [0.2, 0.25) is 0 Å². The fourth-order valence-electron chi connectivity index (χ4n) is 5.83. The number of piperazine rings is 2. The van der Waals surface area contributed by atoms with Crippen LogP contribution in [0.25, 0.3) is 0 Å². The monoisotopic (exact) mass is 421 g/mol. The van der Waals surface area contributed by atoms with E-state index in [1.807, 2.05) is 0 Å². The highest BCUT2D eigenvalue weighted by atomic mass is 19.4. The number of halogens is 6. The first-order valence-corrected chi connectivity index (χ1v) is 9.93. The molecule has 4 saturated heterocycles. The van der Waals surface area contributed by atoms with Crippen LogP contribution >= 0.6 is 0 Å². The highest BCUT2D eigenvalue weighted by Crippen LogP contribution is 2.42. The largest absolute Gasteiger partial charge is 0.416 e. The second-order valence-corrected chi connectivity index (χ2v) is 8.67. The van der Waals surface area contributed by atoms with E-state index in [2.05, 4.69) is 14.7 Å². The number of nitrogens with zero attached hydrogens (tertiary/aromatic N) is 4. The molecule has 1 aromatic carbocycles. The zero-order valence-electron chi connectivity index (χ0n) is 15.8. The molecule has 0 amide bonds. The van der Waals surface area contributed by atoms with Crippen molar-refractivity contribution in [3.8, 4) is 0 Å². The minimum atomic E-state index is -4.81. The van der Waals surface area contributed by atoms with Crippen LogP contribution in [0.15, 0.2) is 18.2 Å². The van der Waals surface area contributed by atoms with Crippen LogP contribution in [0.1, 0.15) is 16.7 Å². The normalized spacial score (nSPS) is 33.3. The van der Waals surface area contributed by atoms with Crippen molar-refractivity contribution in [3.05, 3.63) is 34.9 Å². The van der Waals surface area contributed by atoms with Crippen molar-refractivity contribution >= 4 is 0 Å². The molecule has 29 heavy (non-hydrogen) atoms. The van der Waals surface area contributed by atoms with Gasteiger partial charge in [-0.25, -0.2) is 4.90 Å². The molecule has 0 radical (unpaired) electrons. The number of benzene rings is 1. The van der Waals surface area contributed by atoms with Crippen LogP contribution in [-0.4, -0.2) is 83.9 Å². The van der Waals surface area contributed by atoms with Gasteiger partial charge in [-0.2, -0.15) is 26.3 Å². The molecule has 0 bridgehead atoms. The Kier molecular flexibility index (Phi) is 4.27. The molecular formula is C19H23F6N4+. The highest BCUT2D eigenvalue weighted by molar-refractivity contribution is 5.33. The molecule has 3 atom stereocenters. The van der Waals surface area contributed by atoms with E-state index >= 15 is 0 Å². The zero-order chi connectivity index (χ0) is 20.6. The highest BCUT2D eigenvalue weighted by Gasteiger charge is 2.60. The smallest absolute Gasteiger partial charge is 0.300 e. The lowest BCUT2D eigenvalue weighted by Crippen LogP contribution is -2.73. The summed E-state index contributed by atoms with van der Waals surface area (Å²) in [5.74, 6) is 0. The Labute approximate surface area is 164 Å². The molecule has 4 nitrogen and oxygen atoms in total. The SMILES string of the molecule is FC(F)(F)c1cc(C[N+]23CCN4CCN5CCN(CC2)C3C54)cc(C(F)(F)F)c1. The first kappa shape index (κ1) is 19.6. The average Bonchev–Trinajstić information content (AvgIpc) is 3.20. The van der Waals surface area contributed by atoms with Gasteiger partial charge in [-0.05, 0) is 18.2 Å². The summed E-state index contributed by atoms with van der Waals surface area (Å²) >= 11 is 0. The topological polar surface area (TPSA) is 9.72 Å². The van der Waals surface area contributed by atoms with Gasteiger partial charge in [0, 0.05) is 38.3 Å². The molecule has 4 heterocycles. The minimum Gasteiger partial charge on any atom is -0.300 e. The van der Waals surface area contributed by atoms with Crippen molar-refractivity contribution < 1.29 is 30.8 Å². The second-order valence-electron chi connectivity index (χ2n) is 8.67. The van der Waals surface area contributed by atoms with E-state index in [0.29, 0.717) is 4.48 Å². The molecule has 0 aliphatic carbocycles. The molecule has 4 fully saturated rings. The molecule has 0 aromatic heterocycles. The van der Waals surface area contributed by atoms with Gasteiger partial charge in [-0.15, -0.1) is 0 Å². The van der Waals surface area contributed by atoms with E-state index in [4.69, 9.17) is 0 Å². The molecule has 0 N–H and O–H groups in total. The van der Waals surface area contributed by atoms with Crippen LogP contribution in [0.3, 0.4) is 0 Å². The van der Waals surface area contributed by atoms with Crippen LogP contribution in [-0.2, 0) is 18.9 Å². The van der Waals surface area contributed by atoms with Gasteiger partial charge in [0.25, 0.3) is 0 Å². The van der Waals surface area contributed by atoms with Crippen molar-refractivity contribution in [3.63, 3.8) is 0 Å². The number of quaternary nitrogens is 1. The molecule has 1 aromatic rings. The Morgan fingerprint density at radius 1 is 0.724 bits per heavy atom. The Morgan fingerprint density at radius 3 is 1.76 bits per heavy atom. The Balaban J connectivity index is 1.52. The molecule has 0 saturated carbocycles. The third-order valence-electron chi connectivity index (χ3n) is 7.11. The Hall–Kier alpha value is -1.36. The third-order valence-corrected chi connectivity index (χ3v) is 7.11. The van der Waals surface area contributed by atoms with E-state index in [0.717, 1.165) is 64.5 Å². The molecule has 5 rings (SSSR count). The van der Waals surface area contributed by atoms with Gasteiger partial charge in [-0.3, -0.25) is 9.80 Å². The van der Waals surface area contributed by atoms with Gasteiger partial charge in [0.05, 0.1) is 30.8 Å². The first-order chi connectivity index (χ1) is 13.6. The molecule has 4 aliphatic rings. The molecular weight excluding hydrogens is 398 g/mol. The lowest BCUT2D eigenvalue weighted by molar-refractivity contribution is -0.966. The summed E-state index contributed by atoms with van der Waals surface area (Å²) in [5.41, 5.74) is -2.32. The maximum atomic E-state index is 13.3. The maximum absolute atomic E-state index is 13.3. The standard InChI is InChI=1S/C19H23F6N4/c20-18(21,22)14-9-13(10-15(11-14)19(23,24)25)12-29-7-5-27-2-1-26-3-4-28(6-8-29)17(29)16(26)27/h9-11,16-17H,1-8,12H2/q+1. The molecule has 3 unspecified atom stereocenters. The summed E-state index contributed by atoms with van der Waals surface area (Å²) in [4.78, 5) is 7.23. The van der Waals surface area contributed by atoms with E-state index in [1.165, 1.54) is 0 Å². The van der Waals surface area contributed by atoms with Crippen LogP contribution in [0.5, 0.6) is 0 Å². The quantitative estimate of drug-likeness (QED) is 0.537. The lowest BCUT2D eigenvalue weighted by Gasteiger charge is -2.54. The zero-order valence-corrected chi connectivity index (χ0v) is 15.8. The summed E-state index contributed by atoms with van der Waals surface area (Å²) in [6.07, 6.45) is -9.28. The fourth-order valence-corrected chi connectivity index (χ4v) is 5.83. The Morgan fingerprint density at radius 2 is 1.21 bits per heavy atom. The van der Waals surface area contributed by atoms with Crippen molar-refractivity contribution in [1.29, 1.82) is 0 Å². The Bertz CT molecular complexity index is 771. The molecule has 10 heteroatoms. The van der Waals surface area contributed by atoms with E-state index in [1.54, 1.807) is 0 Å². The minimum absolute atomic E-state index is 0.115. The molecule has 160 valence electrons. The lowest BCUT2D eigenvalue weighted by atomic mass is 10.0. The number of hydrogen-bond donors (Lipinski definition) is 0. The maximum Gasteiger partial charge on any atom is 0.416 e. The van der Waals surface area contributed by atoms with E-state index in [-0.39, 0.29) is 30.5 Å². The van der Waals surface area contributed by atoms with Crippen LogP contribution in [0.4, 0.5) is 26.3 Å². The van der Waals surface area contributed by atoms with Crippen molar-refractivity contribution in [2.75, 3.05) is 52.4 Å². The summed E-state index contributed by atoms with van der Waals surface area (Å²) in [7, 11) is 0. The predicted octanol–water partition coefficient (Wildman–Crippen LogP) is 2.65. The third kappa shape index (κ3) is 3.15. The van der Waals surface area contributed by atoms with E-state index in [9.17, 15) is 26.3 Å². The summed E-state index contributed by atoms with van der Waals surface area (Å²) in [6, 6.07) is 2.04. The van der Waals surface area contributed by atoms with Gasteiger partial charge in [-0.1, -0.05) is 0 Å². The summed E-state index contributed by atoms with van der Waals surface area (Å²) in [6.45, 7) is 7.23. The van der Waals surface area contributed by atoms with Crippen LogP contribution in [0, 0.1) is 0 Å². The fraction of sp³-hybridized carbons (Fsp3) is 0.684. The second kappa shape index (κ2) is 6.32. The van der Waals surface area contributed by atoms with Crippen molar-refractivity contribution in [2.24, 2.45) is 0 Å². The van der Waals surface area contributed by atoms with Gasteiger partial charge in [0.15, 0.2) is 6.17 Å². The van der Waals surface area contributed by atoms with Crippen molar-refractivity contribution in [1.82, 2.24) is 14.7 Å². The van der Waals surface area contributed by atoms with Gasteiger partial charge in [0.2, 0.25) is 0 Å². The van der Waals surface area contributed by atoms with Gasteiger partial charge in [0.1, 0.15) is 12.7 Å².